The van der Waals surface area contributed by atoms with Gasteiger partial charge >= 0.3 is 0 Å². The van der Waals surface area contributed by atoms with Gasteiger partial charge in [0.15, 0.2) is 22.1 Å². The number of hydrogen-bond donors (Lipinski definition) is 2. The van der Waals surface area contributed by atoms with Crippen LogP contribution in [-0.4, -0.2) is 25.7 Å². The molecule has 58 valence electrons. The van der Waals surface area contributed by atoms with Crippen LogP contribution < -0.4 is 5.73 Å². The monoisotopic (exact) mass is 165 g/mol. The molecule has 0 aromatic rings. The normalized spacial score (nSPS) is 15.8. The maximum atomic E-state index is 10.4. The van der Waals surface area contributed by atoms with Crippen LogP contribution in [0.1, 0.15) is 6.92 Å². The zero-order valence-corrected chi connectivity index (χ0v) is 6.05. The summed E-state index contributed by atoms with van der Waals surface area (Å²) in [4.78, 5) is 20.6. The lowest BCUT2D eigenvalue weighted by atomic mass is 10.3. The van der Waals surface area contributed by atoms with Crippen LogP contribution in [0.2, 0.25) is 0 Å². The molecule has 6 heteroatoms. The molecule has 0 radical (unpaired) electrons. The van der Waals surface area contributed by atoms with Crippen LogP contribution in [0.3, 0.4) is 0 Å². The molecule has 0 rings (SSSR count). The molecule has 10 heavy (non-hydrogen) atoms. The van der Waals surface area contributed by atoms with Gasteiger partial charge in [-0.05, 0) is 6.92 Å². The zero-order valence-electron chi connectivity index (χ0n) is 5.23. The molecule has 0 fully saturated rings. The van der Waals surface area contributed by atoms with Crippen molar-refractivity contribution in [3.8, 4) is 0 Å². The molecule has 0 spiro atoms. The molecule has 0 saturated carbocycles. The van der Waals surface area contributed by atoms with Gasteiger partial charge in [0, 0.05) is 0 Å². The molecule has 0 aliphatic rings. The predicted molar refractivity (Wildman–Crippen MR) is 34.4 cm³/mol. The Hall–Kier alpha value is -0.750. The number of carbonyl (C=O) groups is 2. The number of hydrogen-bond acceptors (Lipinski definition) is 3. The quantitative estimate of drug-likeness (QED) is 0.399. The van der Waals surface area contributed by atoms with Gasteiger partial charge in [-0.25, -0.2) is 4.21 Å². The molecule has 0 aromatic heterocycles. The van der Waals surface area contributed by atoms with Crippen LogP contribution in [0.25, 0.3) is 0 Å². The third-order valence-corrected chi connectivity index (χ3v) is 1.80. The molecule has 1 amide bonds. The second-order valence-corrected chi connectivity index (χ2v) is 2.69. The maximum Gasteiger partial charge on any atom is 0.243 e. The minimum Gasteiger partial charge on any atom is -0.368 e. The van der Waals surface area contributed by atoms with E-state index in [-0.39, 0.29) is 0 Å². The van der Waals surface area contributed by atoms with Crippen LogP contribution >= 0.6 is 0 Å². The average Bonchev–Trinajstić information content (AvgIpc) is 1.59. The fourth-order valence-corrected chi connectivity index (χ4v) is 0.924. The molecule has 0 bridgehead atoms. The molecule has 0 aliphatic carbocycles. The summed E-state index contributed by atoms with van der Waals surface area (Å²) < 4.78 is 18.5. The SMILES string of the molecule is CC(=O)C(C(N)=O)S(=O)O. The van der Waals surface area contributed by atoms with E-state index in [9.17, 15) is 13.8 Å². The van der Waals surface area contributed by atoms with Gasteiger partial charge in [0.05, 0.1) is 0 Å². The topological polar surface area (TPSA) is 97.5 Å². The highest BCUT2D eigenvalue weighted by Gasteiger charge is 2.26. The Kier molecular flexibility index (Phi) is 3.17. The second kappa shape index (κ2) is 3.43. The van der Waals surface area contributed by atoms with Crippen LogP contribution in [0.15, 0.2) is 0 Å². The van der Waals surface area contributed by atoms with E-state index in [1.807, 2.05) is 0 Å². The molecule has 5 nitrogen and oxygen atoms in total. The van der Waals surface area contributed by atoms with Crippen molar-refractivity contribution in [2.45, 2.75) is 12.2 Å². The number of ketones is 1. The summed E-state index contributed by atoms with van der Waals surface area (Å²) in [6, 6.07) is 0. The van der Waals surface area contributed by atoms with Gasteiger partial charge in [-0.1, -0.05) is 0 Å². The van der Waals surface area contributed by atoms with Gasteiger partial charge in [-0.3, -0.25) is 9.59 Å². The van der Waals surface area contributed by atoms with E-state index in [4.69, 9.17) is 4.55 Å². The van der Waals surface area contributed by atoms with E-state index in [2.05, 4.69) is 5.73 Å². The number of nitrogens with two attached hydrogens (primary N) is 1. The molecule has 0 aliphatic heterocycles. The third kappa shape index (κ3) is 2.24. The molecule has 2 atom stereocenters. The molecular formula is C4H7NO4S. The molecule has 0 aromatic carbocycles. The van der Waals surface area contributed by atoms with Crippen LogP contribution in [0.4, 0.5) is 0 Å². The van der Waals surface area contributed by atoms with Gasteiger partial charge in [-0.2, -0.15) is 0 Å². The van der Waals surface area contributed by atoms with E-state index in [1.54, 1.807) is 0 Å². The van der Waals surface area contributed by atoms with Crippen LogP contribution in [0.5, 0.6) is 0 Å². The Morgan fingerprint density at radius 3 is 2.00 bits per heavy atom. The number of primary amides is 1. The average molecular weight is 165 g/mol. The van der Waals surface area contributed by atoms with E-state index >= 15 is 0 Å². The van der Waals surface area contributed by atoms with E-state index < -0.39 is 28.0 Å². The lowest BCUT2D eigenvalue weighted by molar-refractivity contribution is -0.124. The van der Waals surface area contributed by atoms with Gasteiger partial charge in [0.2, 0.25) is 5.91 Å². The standard InChI is InChI=1S/C4H7NO4S/c1-2(6)3(4(5)7)10(8)9/h3H,1H3,(H2,5,7)(H,8,9). The minimum absolute atomic E-state index is 0.701. The minimum atomic E-state index is -2.49. The Morgan fingerprint density at radius 2 is 2.00 bits per heavy atom. The van der Waals surface area contributed by atoms with Crippen molar-refractivity contribution in [3.05, 3.63) is 0 Å². The summed E-state index contributed by atoms with van der Waals surface area (Å²) >= 11 is -2.49. The van der Waals surface area contributed by atoms with Gasteiger partial charge in [-0.15, -0.1) is 0 Å². The first-order chi connectivity index (χ1) is 4.46. The van der Waals surface area contributed by atoms with E-state index in [0.29, 0.717) is 0 Å². The number of amides is 1. The highest BCUT2D eigenvalue weighted by Crippen LogP contribution is 1.93. The predicted octanol–water partition coefficient (Wildman–Crippen LogP) is -1.35. The van der Waals surface area contributed by atoms with Crippen molar-refractivity contribution < 1.29 is 18.4 Å². The molecule has 0 saturated heterocycles. The van der Waals surface area contributed by atoms with E-state index in [0.717, 1.165) is 6.92 Å². The lowest BCUT2D eigenvalue weighted by Gasteiger charge is -2.01. The van der Waals surface area contributed by atoms with Gasteiger partial charge in [0.1, 0.15) is 0 Å². The largest absolute Gasteiger partial charge is 0.368 e. The Labute approximate surface area is 59.9 Å². The fraction of sp³-hybridized carbons (Fsp3) is 0.500. The summed E-state index contributed by atoms with van der Waals surface area (Å²) in [6.45, 7) is 1.03. The number of rotatable bonds is 3. The molecule has 3 N–H and O–H groups in total. The molecule has 0 heterocycles. The third-order valence-electron chi connectivity index (χ3n) is 0.829. The highest BCUT2D eigenvalue weighted by molar-refractivity contribution is 7.81. The van der Waals surface area contributed by atoms with Crippen molar-refractivity contribution in [1.29, 1.82) is 0 Å². The first-order valence-corrected chi connectivity index (χ1v) is 3.53. The Balaban J connectivity index is 4.43. The summed E-state index contributed by atoms with van der Waals surface area (Å²) in [6.07, 6.45) is 0. The van der Waals surface area contributed by atoms with Gasteiger partial charge in [0.25, 0.3) is 0 Å². The first-order valence-electron chi connectivity index (χ1n) is 2.36. The zero-order chi connectivity index (χ0) is 8.31. The maximum absolute atomic E-state index is 10.4. The summed E-state index contributed by atoms with van der Waals surface area (Å²) in [5.74, 6) is -1.78. The van der Waals surface area contributed by atoms with Crippen molar-refractivity contribution in [1.82, 2.24) is 0 Å². The summed E-state index contributed by atoms with van der Waals surface area (Å²) in [5, 5.41) is -1.58. The smallest absolute Gasteiger partial charge is 0.243 e. The number of carbonyl (C=O) groups excluding carboxylic acids is 2. The summed E-state index contributed by atoms with van der Waals surface area (Å²) in [5.41, 5.74) is 4.63. The van der Waals surface area contributed by atoms with Crippen molar-refractivity contribution in [2.24, 2.45) is 5.73 Å². The molecular weight excluding hydrogens is 158 g/mol. The second-order valence-electron chi connectivity index (χ2n) is 1.67. The fourth-order valence-electron chi connectivity index (χ4n) is 0.442. The lowest BCUT2D eigenvalue weighted by Crippen LogP contribution is -2.37. The van der Waals surface area contributed by atoms with E-state index in [1.165, 1.54) is 0 Å². The summed E-state index contributed by atoms with van der Waals surface area (Å²) in [7, 11) is 0. The first kappa shape index (κ1) is 9.25. The number of Topliss-reactive ketones (excluding diaryl/α,β-unsaturated/α-hetero) is 1. The van der Waals surface area contributed by atoms with Crippen LogP contribution in [-0.2, 0) is 20.7 Å². The molecule has 2 unspecified atom stereocenters. The highest BCUT2D eigenvalue weighted by atomic mass is 32.2. The van der Waals surface area contributed by atoms with Crippen LogP contribution in [0, 0.1) is 0 Å². The Morgan fingerprint density at radius 1 is 1.60 bits per heavy atom. The van der Waals surface area contributed by atoms with Crippen molar-refractivity contribution in [3.63, 3.8) is 0 Å². The Bertz CT molecular complexity index is 156. The van der Waals surface area contributed by atoms with Gasteiger partial charge < -0.3 is 10.3 Å². The van der Waals surface area contributed by atoms with Crippen molar-refractivity contribution in [2.75, 3.05) is 0 Å². The van der Waals surface area contributed by atoms with Crippen molar-refractivity contribution >= 4 is 22.8 Å².